The van der Waals surface area contributed by atoms with E-state index in [0.29, 0.717) is 5.88 Å². The van der Waals surface area contributed by atoms with Crippen molar-refractivity contribution >= 4 is 22.9 Å². The molecule has 0 bridgehead atoms. The molecule has 0 aliphatic rings. The number of alkyl halides is 1. The average Bonchev–Trinajstić information content (AvgIpc) is 2.49. The molecule has 0 saturated heterocycles. The molecule has 0 fully saturated rings. The summed E-state index contributed by atoms with van der Waals surface area (Å²) in [4.78, 5) is 0. The predicted octanol–water partition coefficient (Wildman–Crippen LogP) is 3.60. The van der Waals surface area contributed by atoms with Crippen LogP contribution in [0.4, 0.5) is 0 Å². The maximum Gasteiger partial charge on any atom is 0.132 e. The quantitative estimate of drug-likeness (QED) is 0.729. The van der Waals surface area contributed by atoms with Crippen LogP contribution < -0.4 is 0 Å². The van der Waals surface area contributed by atoms with E-state index < -0.39 is 0 Å². The third-order valence-corrected chi connectivity index (χ3v) is 4.65. The van der Waals surface area contributed by atoms with Crippen LogP contribution in [0.25, 0.3) is 0 Å². The number of nitrogens with zero attached hydrogens (tertiary/aromatic N) is 2. The van der Waals surface area contributed by atoms with Crippen LogP contribution in [0.2, 0.25) is 0 Å². The third-order valence-electron chi connectivity index (χ3n) is 2.99. The molecular formula is C10H17ClN2S. The fourth-order valence-corrected chi connectivity index (χ4v) is 2.10. The lowest BCUT2D eigenvalue weighted by Crippen LogP contribution is -2.33. The molecule has 0 spiro atoms. The van der Waals surface area contributed by atoms with Gasteiger partial charge in [0.1, 0.15) is 10.0 Å². The van der Waals surface area contributed by atoms with Crippen LogP contribution >= 0.6 is 22.9 Å². The maximum absolute atomic E-state index is 5.71. The Bertz CT molecular complexity index is 312. The molecule has 0 aliphatic heterocycles. The van der Waals surface area contributed by atoms with E-state index in [2.05, 4.69) is 44.8 Å². The molecule has 0 aliphatic carbocycles. The molecule has 0 unspecified atom stereocenters. The largest absolute Gasteiger partial charge is 0.143 e. The van der Waals surface area contributed by atoms with Crippen LogP contribution in [0, 0.1) is 5.41 Å². The molecule has 0 amide bonds. The number of aromatic nitrogens is 2. The normalized spacial score (nSPS) is 13.3. The van der Waals surface area contributed by atoms with Gasteiger partial charge in [0.05, 0.1) is 5.88 Å². The molecule has 80 valence electrons. The minimum Gasteiger partial charge on any atom is -0.143 e. The van der Waals surface area contributed by atoms with Crippen molar-refractivity contribution in [1.29, 1.82) is 0 Å². The zero-order valence-corrected chi connectivity index (χ0v) is 11.0. The molecule has 1 aromatic rings. The van der Waals surface area contributed by atoms with Crippen LogP contribution in [0.15, 0.2) is 0 Å². The Morgan fingerprint density at radius 1 is 1.14 bits per heavy atom. The summed E-state index contributed by atoms with van der Waals surface area (Å²) < 4.78 is 0. The summed E-state index contributed by atoms with van der Waals surface area (Å²) in [6.07, 6.45) is 0. The molecular weight excluding hydrogens is 216 g/mol. The van der Waals surface area contributed by atoms with Crippen LogP contribution in [-0.4, -0.2) is 10.2 Å². The fraction of sp³-hybridized carbons (Fsp3) is 0.800. The molecule has 0 aromatic carbocycles. The highest BCUT2D eigenvalue weighted by atomic mass is 35.5. The molecule has 0 N–H and O–H groups in total. The van der Waals surface area contributed by atoms with Gasteiger partial charge in [0.25, 0.3) is 0 Å². The predicted molar refractivity (Wildman–Crippen MR) is 61.9 cm³/mol. The fourth-order valence-electron chi connectivity index (χ4n) is 0.881. The summed E-state index contributed by atoms with van der Waals surface area (Å²) in [6, 6.07) is 0. The monoisotopic (exact) mass is 232 g/mol. The van der Waals surface area contributed by atoms with E-state index in [4.69, 9.17) is 11.6 Å². The molecule has 1 heterocycles. The van der Waals surface area contributed by atoms with Gasteiger partial charge in [-0.05, 0) is 5.41 Å². The molecule has 0 atom stereocenters. The zero-order chi connectivity index (χ0) is 11.0. The summed E-state index contributed by atoms with van der Waals surface area (Å²) in [7, 11) is 0. The second kappa shape index (κ2) is 3.78. The van der Waals surface area contributed by atoms with Crippen LogP contribution in [-0.2, 0) is 11.3 Å². The first-order valence-corrected chi connectivity index (χ1v) is 6.03. The highest BCUT2D eigenvalue weighted by molar-refractivity contribution is 7.11. The zero-order valence-electron chi connectivity index (χ0n) is 9.39. The Kier molecular flexibility index (Phi) is 3.22. The standard InChI is InChI=1S/C10H17ClN2S/c1-9(2,3)10(4,5)8-13-12-7(6-11)14-8/h6H2,1-5H3. The minimum atomic E-state index is 0.0367. The van der Waals surface area contributed by atoms with Gasteiger partial charge in [0.2, 0.25) is 0 Å². The minimum absolute atomic E-state index is 0.0367. The van der Waals surface area contributed by atoms with Crippen molar-refractivity contribution in [2.75, 3.05) is 0 Å². The van der Waals surface area contributed by atoms with Gasteiger partial charge < -0.3 is 0 Å². The first-order valence-electron chi connectivity index (χ1n) is 4.68. The molecule has 0 saturated carbocycles. The Hall–Kier alpha value is -0.150. The van der Waals surface area contributed by atoms with Crippen LogP contribution in [0.3, 0.4) is 0 Å². The summed E-state index contributed by atoms with van der Waals surface area (Å²) in [5, 5.41) is 10.2. The maximum atomic E-state index is 5.71. The molecule has 14 heavy (non-hydrogen) atoms. The molecule has 2 nitrogen and oxygen atoms in total. The van der Waals surface area contributed by atoms with E-state index in [1.54, 1.807) is 11.3 Å². The lowest BCUT2D eigenvalue weighted by molar-refractivity contribution is 0.224. The Morgan fingerprint density at radius 2 is 1.71 bits per heavy atom. The lowest BCUT2D eigenvalue weighted by atomic mass is 9.70. The van der Waals surface area contributed by atoms with E-state index >= 15 is 0 Å². The van der Waals surface area contributed by atoms with Crippen molar-refractivity contribution in [3.63, 3.8) is 0 Å². The van der Waals surface area contributed by atoms with Crippen LogP contribution in [0.5, 0.6) is 0 Å². The van der Waals surface area contributed by atoms with Gasteiger partial charge >= 0.3 is 0 Å². The van der Waals surface area contributed by atoms with Crippen molar-refractivity contribution < 1.29 is 0 Å². The Balaban J connectivity index is 3.04. The van der Waals surface area contributed by atoms with Gasteiger partial charge in [-0.15, -0.1) is 21.8 Å². The summed E-state index contributed by atoms with van der Waals surface area (Å²) >= 11 is 7.33. The SMILES string of the molecule is CC(C)(C)C(C)(C)c1nnc(CCl)s1. The van der Waals surface area contributed by atoms with Crippen molar-refractivity contribution in [2.24, 2.45) is 5.41 Å². The Morgan fingerprint density at radius 3 is 2.07 bits per heavy atom. The van der Waals surface area contributed by atoms with Gasteiger partial charge in [-0.3, -0.25) is 0 Å². The lowest BCUT2D eigenvalue weighted by Gasteiger charge is -2.36. The van der Waals surface area contributed by atoms with Crippen molar-refractivity contribution in [3.8, 4) is 0 Å². The second-order valence-corrected chi connectivity index (χ2v) is 6.34. The van der Waals surface area contributed by atoms with Crippen molar-refractivity contribution in [2.45, 2.75) is 45.9 Å². The highest BCUT2D eigenvalue weighted by Crippen LogP contribution is 2.41. The molecule has 0 radical (unpaired) electrons. The summed E-state index contributed by atoms with van der Waals surface area (Å²) in [5.41, 5.74) is 0.213. The number of rotatable bonds is 2. The first-order chi connectivity index (χ1) is 6.29. The molecule has 1 aromatic heterocycles. The van der Waals surface area contributed by atoms with Crippen molar-refractivity contribution in [3.05, 3.63) is 10.0 Å². The number of hydrogen-bond donors (Lipinski definition) is 0. The summed E-state index contributed by atoms with van der Waals surface area (Å²) in [5.74, 6) is 0.456. The van der Waals surface area contributed by atoms with Crippen molar-refractivity contribution in [1.82, 2.24) is 10.2 Å². The van der Waals surface area contributed by atoms with E-state index in [1.165, 1.54) is 0 Å². The molecule has 4 heteroatoms. The van der Waals surface area contributed by atoms with E-state index in [0.717, 1.165) is 10.0 Å². The van der Waals surface area contributed by atoms with E-state index in [9.17, 15) is 0 Å². The second-order valence-electron chi connectivity index (χ2n) is 5.01. The first kappa shape index (κ1) is 11.9. The number of hydrogen-bond acceptors (Lipinski definition) is 3. The van der Waals surface area contributed by atoms with E-state index in [1.807, 2.05) is 0 Å². The third kappa shape index (κ3) is 2.09. The van der Waals surface area contributed by atoms with Gasteiger partial charge in [-0.2, -0.15) is 0 Å². The van der Waals surface area contributed by atoms with Gasteiger partial charge in [-0.1, -0.05) is 46.0 Å². The van der Waals surface area contributed by atoms with Crippen LogP contribution in [0.1, 0.15) is 44.6 Å². The smallest absolute Gasteiger partial charge is 0.132 e. The van der Waals surface area contributed by atoms with Gasteiger partial charge in [0.15, 0.2) is 0 Å². The topological polar surface area (TPSA) is 25.8 Å². The highest BCUT2D eigenvalue weighted by Gasteiger charge is 2.37. The van der Waals surface area contributed by atoms with Gasteiger partial charge in [0, 0.05) is 5.41 Å². The molecule has 1 rings (SSSR count). The number of halogens is 1. The average molecular weight is 233 g/mol. The van der Waals surface area contributed by atoms with E-state index in [-0.39, 0.29) is 10.8 Å². The van der Waals surface area contributed by atoms with Gasteiger partial charge in [-0.25, -0.2) is 0 Å². The summed E-state index contributed by atoms with van der Waals surface area (Å²) in [6.45, 7) is 11.1. The Labute approximate surface area is 94.7 Å².